The summed E-state index contributed by atoms with van der Waals surface area (Å²) >= 11 is 0. The van der Waals surface area contributed by atoms with Crippen LogP contribution in [0.2, 0.25) is 0 Å². The third-order valence-corrected chi connectivity index (χ3v) is 3.53. The van der Waals surface area contributed by atoms with Crippen LogP contribution in [-0.4, -0.2) is 41.1 Å². The number of aliphatic hydroxyl groups is 1. The van der Waals surface area contributed by atoms with Crippen molar-refractivity contribution in [3.63, 3.8) is 0 Å². The quantitative estimate of drug-likeness (QED) is 0.732. The van der Waals surface area contributed by atoms with Crippen LogP contribution in [-0.2, 0) is 16.1 Å². The molecule has 0 bridgehead atoms. The van der Waals surface area contributed by atoms with E-state index >= 15 is 0 Å². The number of nitrogens with one attached hydrogen (secondary N) is 1. The summed E-state index contributed by atoms with van der Waals surface area (Å²) < 4.78 is 6.57. The van der Waals surface area contributed by atoms with E-state index in [1.165, 1.54) is 0 Å². The van der Waals surface area contributed by atoms with Crippen LogP contribution in [0.3, 0.4) is 0 Å². The van der Waals surface area contributed by atoms with E-state index in [1.807, 2.05) is 37.3 Å². The van der Waals surface area contributed by atoms with E-state index in [-0.39, 0.29) is 12.5 Å². The SMILES string of the molecule is COCCCC(=O)Nc1cc(-c2ccccc2C)nn1CCO. The predicted octanol–water partition coefficient (Wildman–Crippen LogP) is 2.22. The number of carbonyl (C=O) groups is 1. The molecule has 0 fully saturated rings. The lowest BCUT2D eigenvalue weighted by Gasteiger charge is -2.07. The molecule has 1 amide bonds. The van der Waals surface area contributed by atoms with Gasteiger partial charge in [0.25, 0.3) is 0 Å². The first-order chi connectivity index (χ1) is 11.2. The van der Waals surface area contributed by atoms with Gasteiger partial charge in [-0.05, 0) is 18.9 Å². The Labute approximate surface area is 136 Å². The summed E-state index contributed by atoms with van der Waals surface area (Å²) in [4.78, 5) is 12.0. The lowest BCUT2D eigenvalue weighted by molar-refractivity contribution is -0.116. The molecule has 124 valence electrons. The monoisotopic (exact) mass is 317 g/mol. The molecule has 0 aliphatic heterocycles. The number of aromatic nitrogens is 2. The van der Waals surface area contributed by atoms with Gasteiger partial charge in [0, 0.05) is 31.8 Å². The van der Waals surface area contributed by atoms with Crippen LogP contribution in [0.25, 0.3) is 11.3 Å². The molecule has 0 aliphatic carbocycles. The first kappa shape index (κ1) is 17.2. The van der Waals surface area contributed by atoms with E-state index in [4.69, 9.17) is 4.74 Å². The number of nitrogens with zero attached hydrogens (tertiary/aromatic N) is 2. The number of hydrogen-bond donors (Lipinski definition) is 2. The number of hydrogen-bond acceptors (Lipinski definition) is 4. The first-order valence-corrected chi connectivity index (χ1v) is 7.69. The van der Waals surface area contributed by atoms with Gasteiger partial charge in [-0.1, -0.05) is 24.3 Å². The van der Waals surface area contributed by atoms with Crippen LogP contribution in [0.4, 0.5) is 5.82 Å². The van der Waals surface area contributed by atoms with E-state index in [1.54, 1.807) is 11.8 Å². The number of anilines is 1. The fourth-order valence-electron chi connectivity index (χ4n) is 2.36. The lowest BCUT2D eigenvalue weighted by Crippen LogP contribution is -2.16. The number of rotatable bonds is 8. The minimum Gasteiger partial charge on any atom is -0.394 e. The summed E-state index contributed by atoms with van der Waals surface area (Å²) in [5, 5.41) is 16.6. The molecular weight excluding hydrogens is 294 g/mol. The van der Waals surface area contributed by atoms with Crippen LogP contribution in [0.5, 0.6) is 0 Å². The van der Waals surface area contributed by atoms with E-state index in [0.717, 1.165) is 16.8 Å². The molecule has 6 heteroatoms. The zero-order valence-electron chi connectivity index (χ0n) is 13.6. The van der Waals surface area contributed by atoms with Crippen molar-refractivity contribution in [2.45, 2.75) is 26.3 Å². The summed E-state index contributed by atoms with van der Waals surface area (Å²) in [6, 6.07) is 9.78. The Bertz CT molecular complexity index is 652. The Morgan fingerprint density at radius 2 is 2.17 bits per heavy atom. The fourth-order valence-corrected chi connectivity index (χ4v) is 2.36. The molecule has 0 saturated carbocycles. The average Bonchev–Trinajstić information content (AvgIpc) is 2.91. The highest BCUT2D eigenvalue weighted by Gasteiger charge is 2.13. The molecule has 0 aliphatic rings. The Balaban J connectivity index is 2.18. The smallest absolute Gasteiger partial charge is 0.225 e. The summed E-state index contributed by atoms with van der Waals surface area (Å²) in [6.45, 7) is 2.86. The van der Waals surface area contributed by atoms with Crippen molar-refractivity contribution in [1.82, 2.24) is 9.78 Å². The minimum absolute atomic E-state index is 0.0402. The van der Waals surface area contributed by atoms with Gasteiger partial charge in [0.05, 0.1) is 18.8 Å². The molecular formula is C17H23N3O3. The van der Waals surface area contributed by atoms with Gasteiger partial charge in [-0.15, -0.1) is 0 Å². The average molecular weight is 317 g/mol. The maximum Gasteiger partial charge on any atom is 0.225 e. The van der Waals surface area contributed by atoms with Crippen LogP contribution in [0.15, 0.2) is 30.3 Å². The summed E-state index contributed by atoms with van der Waals surface area (Å²) in [5.74, 6) is 0.511. The second kappa shape index (κ2) is 8.45. The third-order valence-electron chi connectivity index (χ3n) is 3.53. The number of amides is 1. The molecule has 2 N–H and O–H groups in total. The highest BCUT2D eigenvalue weighted by Crippen LogP contribution is 2.25. The first-order valence-electron chi connectivity index (χ1n) is 7.69. The van der Waals surface area contributed by atoms with Crippen molar-refractivity contribution >= 4 is 11.7 Å². The lowest BCUT2D eigenvalue weighted by atomic mass is 10.1. The number of aryl methyl sites for hydroxylation is 1. The standard InChI is InChI=1S/C17H23N3O3/c1-13-6-3-4-7-14(13)15-12-16(20(19-15)9-10-21)18-17(22)8-5-11-23-2/h3-4,6-7,12,21H,5,8-11H2,1-2H3,(H,18,22). The highest BCUT2D eigenvalue weighted by atomic mass is 16.5. The Morgan fingerprint density at radius 3 is 2.87 bits per heavy atom. The number of ether oxygens (including phenoxy) is 1. The predicted molar refractivity (Wildman–Crippen MR) is 89.2 cm³/mol. The number of carbonyl (C=O) groups excluding carboxylic acids is 1. The molecule has 0 unspecified atom stereocenters. The fraction of sp³-hybridized carbons (Fsp3) is 0.412. The van der Waals surface area contributed by atoms with Gasteiger partial charge in [0.2, 0.25) is 5.91 Å². The normalized spacial score (nSPS) is 10.7. The molecule has 0 saturated heterocycles. The molecule has 0 spiro atoms. The van der Waals surface area contributed by atoms with Gasteiger partial charge in [-0.3, -0.25) is 4.79 Å². The van der Waals surface area contributed by atoms with Gasteiger partial charge >= 0.3 is 0 Å². The molecule has 1 aromatic carbocycles. The molecule has 23 heavy (non-hydrogen) atoms. The van der Waals surface area contributed by atoms with Crippen LogP contribution in [0.1, 0.15) is 18.4 Å². The minimum atomic E-state index is -0.0857. The topological polar surface area (TPSA) is 76.4 Å². The van der Waals surface area contributed by atoms with Gasteiger partial charge in [0.15, 0.2) is 0 Å². The molecule has 1 heterocycles. The van der Waals surface area contributed by atoms with Crippen molar-refractivity contribution in [3.05, 3.63) is 35.9 Å². The third kappa shape index (κ3) is 4.64. The Hall–Kier alpha value is -2.18. The maximum absolute atomic E-state index is 12.0. The second-order valence-corrected chi connectivity index (χ2v) is 5.32. The number of benzene rings is 1. The zero-order valence-corrected chi connectivity index (χ0v) is 13.6. The van der Waals surface area contributed by atoms with Crippen molar-refractivity contribution in [2.24, 2.45) is 0 Å². The van der Waals surface area contributed by atoms with E-state index in [2.05, 4.69) is 10.4 Å². The zero-order chi connectivity index (χ0) is 16.7. The summed E-state index contributed by atoms with van der Waals surface area (Å²) in [7, 11) is 1.61. The van der Waals surface area contributed by atoms with Gasteiger partial charge < -0.3 is 15.2 Å². The molecule has 2 rings (SSSR count). The second-order valence-electron chi connectivity index (χ2n) is 5.32. The molecule has 0 radical (unpaired) electrons. The van der Waals surface area contributed by atoms with Gasteiger partial charge in [-0.25, -0.2) is 4.68 Å². The number of aliphatic hydroxyl groups excluding tert-OH is 1. The maximum atomic E-state index is 12.0. The highest BCUT2D eigenvalue weighted by molar-refractivity contribution is 5.90. The van der Waals surface area contributed by atoms with Crippen molar-refractivity contribution in [1.29, 1.82) is 0 Å². The Kier molecular flexibility index (Phi) is 6.31. The largest absolute Gasteiger partial charge is 0.394 e. The van der Waals surface area contributed by atoms with Crippen molar-refractivity contribution in [2.75, 3.05) is 25.6 Å². The molecule has 0 atom stereocenters. The van der Waals surface area contributed by atoms with E-state index in [9.17, 15) is 9.90 Å². The molecule has 2 aromatic rings. The van der Waals surface area contributed by atoms with Crippen molar-refractivity contribution < 1.29 is 14.6 Å². The van der Waals surface area contributed by atoms with Crippen LogP contribution in [0, 0.1) is 6.92 Å². The van der Waals surface area contributed by atoms with Gasteiger partial charge in [0.1, 0.15) is 5.82 Å². The summed E-state index contributed by atoms with van der Waals surface area (Å²) in [5.41, 5.74) is 2.90. The van der Waals surface area contributed by atoms with E-state index in [0.29, 0.717) is 31.8 Å². The molecule has 6 nitrogen and oxygen atoms in total. The van der Waals surface area contributed by atoms with Crippen LogP contribution >= 0.6 is 0 Å². The molecule has 1 aromatic heterocycles. The summed E-state index contributed by atoms with van der Waals surface area (Å²) in [6.07, 6.45) is 1.05. The Morgan fingerprint density at radius 1 is 1.39 bits per heavy atom. The van der Waals surface area contributed by atoms with Gasteiger partial charge in [-0.2, -0.15) is 5.10 Å². The van der Waals surface area contributed by atoms with E-state index < -0.39 is 0 Å². The van der Waals surface area contributed by atoms with Crippen molar-refractivity contribution in [3.8, 4) is 11.3 Å². The van der Waals surface area contributed by atoms with Crippen LogP contribution < -0.4 is 5.32 Å². The number of methoxy groups -OCH3 is 1.